The Bertz CT molecular complexity index is 579. The summed E-state index contributed by atoms with van der Waals surface area (Å²) in [6.45, 7) is 3.83. The van der Waals surface area contributed by atoms with Gasteiger partial charge in [0.1, 0.15) is 6.54 Å². The quantitative estimate of drug-likeness (QED) is 0.696. The molecule has 4 amide bonds. The van der Waals surface area contributed by atoms with E-state index in [1.165, 1.54) is 5.32 Å². The molecule has 2 N–H and O–H groups in total. The SMILES string of the molecule is CC(C)(C)C(=O)N1CCC(C(=O)OCC(=O)NC(=O)NCC(F)(F)F)CC1. The minimum Gasteiger partial charge on any atom is -0.455 e. The van der Waals surface area contributed by atoms with Crippen LogP contribution in [0.1, 0.15) is 33.6 Å². The standard InChI is InChI=1S/C16H24F3N3O5/c1-15(2,3)13(25)22-6-4-10(5-7-22)12(24)27-8-11(23)21-14(26)20-9-16(17,18)19/h10H,4-9H2,1-3H3,(H2,20,21,23,26). The highest BCUT2D eigenvalue weighted by Crippen LogP contribution is 2.24. The molecule has 0 saturated carbocycles. The van der Waals surface area contributed by atoms with Gasteiger partial charge in [0.25, 0.3) is 5.91 Å². The lowest BCUT2D eigenvalue weighted by atomic mass is 9.91. The third-order valence-electron chi connectivity index (χ3n) is 3.80. The van der Waals surface area contributed by atoms with Gasteiger partial charge in [-0.25, -0.2) is 4.79 Å². The van der Waals surface area contributed by atoms with Crippen molar-refractivity contribution in [2.45, 2.75) is 39.8 Å². The van der Waals surface area contributed by atoms with Crippen LogP contribution in [0.15, 0.2) is 0 Å². The van der Waals surface area contributed by atoms with E-state index >= 15 is 0 Å². The molecule has 0 atom stereocenters. The maximum absolute atomic E-state index is 12.2. The molecular weight excluding hydrogens is 371 g/mol. The zero-order valence-electron chi connectivity index (χ0n) is 15.4. The van der Waals surface area contributed by atoms with Gasteiger partial charge in [-0.1, -0.05) is 20.8 Å². The number of urea groups is 1. The molecule has 154 valence electrons. The van der Waals surface area contributed by atoms with E-state index in [-0.39, 0.29) is 5.91 Å². The second-order valence-electron chi connectivity index (χ2n) is 7.27. The average Bonchev–Trinajstić information content (AvgIpc) is 2.56. The van der Waals surface area contributed by atoms with Crippen molar-refractivity contribution < 1.29 is 37.1 Å². The first-order chi connectivity index (χ1) is 12.3. The summed E-state index contributed by atoms with van der Waals surface area (Å²) in [5.41, 5.74) is -0.516. The van der Waals surface area contributed by atoms with Crippen molar-refractivity contribution in [2.75, 3.05) is 26.2 Å². The molecule has 1 heterocycles. The molecule has 0 radical (unpaired) electrons. The number of alkyl halides is 3. The largest absolute Gasteiger partial charge is 0.455 e. The van der Waals surface area contributed by atoms with E-state index in [1.807, 2.05) is 0 Å². The summed E-state index contributed by atoms with van der Waals surface area (Å²) >= 11 is 0. The van der Waals surface area contributed by atoms with Gasteiger partial charge in [-0.3, -0.25) is 19.7 Å². The number of imide groups is 1. The van der Waals surface area contributed by atoms with Crippen LogP contribution in [0, 0.1) is 11.3 Å². The van der Waals surface area contributed by atoms with E-state index in [9.17, 15) is 32.3 Å². The fourth-order valence-corrected chi connectivity index (χ4v) is 2.43. The summed E-state index contributed by atoms with van der Waals surface area (Å²) in [5, 5.41) is 3.09. The van der Waals surface area contributed by atoms with Crippen LogP contribution < -0.4 is 10.6 Å². The number of carbonyl (C=O) groups excluding carboxylic acids is 4. The van der Waals surface area contributed by atoms with Gasteiger partial charge in [0, 0.05) is 18.5 Å². The molecule has 1 rings (SSSR count). The Morgan fingerprint density at radius 3 is 2.11 bits per heavy atom. The van der Waals surface area contributed by atoms with E-state index in [0.717, 1.165) is 0 Å². The minimum atomic E-state index is -4.60. The Balaban J connectivity index is 2.32. The predicted molar refractivity (Wildman–Crippen MR) is 87.3 cm³/mol. The summed E-state index contributed by atoms with van der Waals surface area (Å²) < 4.78 is 40.6. The maximum Gasteiger partial charge on any atom is 0.405 e. The van der Waals surface area contributed by atoms with E-state index in [4.69, 9.17) is 4.74 Å². The van der Waals surface area contributed by atoms with Crippen LogP contribution in [0.4, 0.5) is 18.0 Å². The Hall–Kier alpha value is -2.33. The van der Waals surface area contributed by atoms with Gasteiger partial charge in [-0.05, 0) is 12.8 Å². The fourth-order valence-electron chi connectivity index (χ4n) is 2.43. The molecule has 0 bridgehead atoms. The summed E-state index contributed by atoms with van der Waals surface area (Å²) in [7, 11) is 0. The van der Waals surface area contributed by atoms with Crippen LogP contribution in [0.5, 0.6) is 0 Å². The Morgan fingerprint density at radius 2 is 1.63 bits per heavy atom. The van der Waals surface area contributed by atoms with Crippen molar-refractivity contribution in [3.8, 4) is 0 Å². The average molecular weight is 395 g/mol. The highest BCUT2D eigenvalue weighted by atomic mass is 19.4. The zero-order valence-corrected chi connectivity index (χ0v) is 15.4. The fraction of sp³-hybridized carbons (Fsp3) is 0.750. The molecule has 27 heavy (non-hydrogen) atoms. The topological polar surface area (TPSA) is 105 Å². The molecule has 8 nitrogen and oxygen atoms in total. The molecule has 1 aliphatic rings. The van der Waals surface area contributed by atoms with Crippen molar-refractivity contribution in [3.05, 3.63) is 0 Å². The molecule has 1 fully saturated rings. The highest BCUT2D eigenvalue weighted by Gasteiger charge is 2.33. The first-order valence-corrected chi connectivity index (χ1v) is 8.40. The maximum atomic E-state index is 12.2. The number of rotatable bonds is 4. The van der Waals surface area contributed by atoms with Gasteiger partial charge in [-0.2, -0.15) is 13.2 Å². The number of halogens is 3. The van der Waals surface area contributed by atoms with Gasteiger partial charge in [0.15, 0.2) is 6.61 Å². The van der Waals surface area contributed by atoms with E-state index in [1.54, 1.807) is 31.0 Å². The van der Waals surface area contributed by atoms with Crippen LogP contribution in [0.25, 0.3) is 0 Å². The first kappa shape index (κ1) is 22.7. The number of hydrogen-bond acceptors (Lipinski definition) is 5. The minimum absolute atomic E-state index is 0.0152. The van der Waals surface area contributed by atoms with Crippen LogP contribution in [-0.4, -0.2) is 61.1 Å². The van der Waals surface area contributed by atoms with Crippen molar-refractivity contribution >= 4 is 23.8 Å². The summed E-state index contributed by atoms with van der Waals surface area (Å²) in [6, 6.07) is -1.33. The lowest BCUT2D eigenvalue weighted by Crippen LogP contribution is -2.46. The van der Waals surface area contributed by atoms with Gasteiger partial charge in [-0.15, -0.1) is 0 Å². The van der Waals surface area contributed by atoms with Crippen molar-refractivity contribution in [1.82, 2.24) is 15.5 Å². The smallest absolute Gasteiger partial charge is 0.405 e. The van der Waals surface area contributed by atoms with Crippen LogP contribution in [-0.2, 0) is 19.1 Å². The molecule has 0 spiro atoms. The molecule has 0 unspecified atom stereocenters. The lowest BCUT2D eigenvalue weighted by Gasteiger charge is -2.34. The number of nitrogens with one attached hydrogen (secondary N) is 2. The predicted octanol–water partition coefficient (Wildman–Crippen LogP) is 1.20. The molecular formula is C16H24F3N3O5. The molecule has 0 aliphatic carbocycles. The van der Waals surface area contributed by atoms with Crippen LogP contribution >= 0.6 is 0 Å². The molecule has 1 aliphatic heterocycles. The number of likely N-dealkylation sites (tertiary alicyclic amines) is 1. The second-order valence-corrected chi connectivity index (χ2v) is 7.27. The van der Waals surface area contributed by atoms with Crippen molar-refractivity contribution in [1.29, 1.82) is 0 Å². The number of esters is 1. The summed E-state index contributed by atoms with van der Waals surface area (Å²) in [4.78, 5) is 48.3. The molecule has 0 aromatic rings. The van der Waals surface area contributed by atoms with Crippen LogP contribution in [0.2, 0.25) is 0 Å². The lowest BCUT2D eigenvalue weighted by molar-refractivity contribution is -0.155. The number of nitrogens with zero attached hydrogens (tertiary/aromatic N) is 1. The van der Waals surface area contributed by atoms with Crippen LogP contribution in [0.3, 0.4) is 0 Å². The van der Waals surface area contributed by atoms with E-state index in [2.05, 4.69) is 0 Å². The van der Waals surface area contributed by atoms with Gasteiger partial charge in [0.2, 0.25) is 5.91 Å². The monoisotopic (exact) mass is 395 g/mol. The van der Waals surface area contributed by atoms with Crippen molar-refractivity contribution in [2.24, 2.45) is 11.3 Å². The Morgan fingerprint density at radius 1 is 1.07 bits per heavy atom. The van der Waals surface area contributed by atoms with Gasteiger partial charge >= 0.3 is 18.2 Å². The van der Waals surface area contributed by atoms with Crippen molar-refractivity contribution in [3.63, 3.8) is 0 Å². The highest BCUT2D eigenvalue weighted by molar-refractivity contribution is 5.95. The van der Waals surface area contributed by atoms with E-state index in [0.29, 0.717) is 25.9 Å². The van der Waals surface area contributed by atoms with E-state index < -0.39 is 48.6 Å². The summed E-state index contributed by atoms with van der Waals surface area (Å²) in [6.07, 6.45) is -3.83. The van der Waals surface area contributed by atoms with Gasteiger partial charge < -0.3 is 15.0 Å². The molecule has 1 saturated heterocycles. The summed E-state index contributed by atoms with van der Waals surface area (Å²) in [5.74, 6) is -2.19. The second kappa shape index (κ2) is 9.05. The first-order valence-electron chi connectivity index (χ1n) is 8.40. The normalized spacial score (nSPS) is 15.9. The number of ether oxygens (including phenoxy) is 1. The van der Waals surface area contributed by atoms with Gasteiger partial charge in [0.05, 0.1) is 5.92 Å². The molecule has 0 aromatic heterocycles. The molecule has 11 heteroatoms. The Kier molecular flexibility index (Phi) is 7.61. The molecule has 0 aromatic carbocycles. The third kappa shape index (κ3) is 8.27. The number of carbonyl (C=O) groups is 4. The number of amides is 4. The third-order valence-corrected chi connectivity index (χ3v) is 3.80. The number of hydrogen-bond donors (Lipinski definition) is 2. The zero-order chi connectivity index (χ0) is 20.8. The number of piperidine rings is 1. The Labute approximate surface area is 154 Å².